The number of ether oxygens (including phenoxy) is 1. The predicted octanol–water partition coefficient (Wildman–Crippen LogP) is 2.54. The van der Waals surface area contributed by atoms with E-state index in [0.717, 1.165) is 37.4 Å². The van der Waals surface area contributed by atoms with E-state index < -0.39 is 10.0 Å². The van der Waals surface area contributed by atoms with Crippen molar-refractivity contribution in [2.45, 2.75) is 37.9 Å². The average Bonchev–Trinajstić information content (AvgIpc) is 2.77. The van der Waals surface area contributed by atoms with Crippen molar-refractivity contribution in [3.63, 3.8) is 0 Å². The molecule has 1 saturated heterocycles. The van der Waals surface area contributed by atoms with Gasteiger partial charge in [0.25, 0.3) is 0 Å². The number of carbonyl (C=O) groups is 1. The van der Waals surface area contributed by atoms with Crippen molar-refractivity contribution in [3.05, 3.63) is 71.3 Å². The average molecular weight is 458 g/mol. The Kier molecular flexibility index (Phi) is 8.58. The fraction of sp³-hybridized carbons (Fsp3) is 0.375. The van der Waals surface area contributed by atoms with Gasteiger partial charge < -0.3 is 10.1 Å². The number of rotatable bonds is 9. The minimum atomic E-state index is -3.48. The first kappa shape index (κ1) is 24.1. The second kappa shape index (κ2) is 11.4. The van der Waals surface area contributed by atoms with E-state index >= 15 is 0 Å². The summed E-state index contributed by atoms with van der Waals surface area (Å²) in [5, 5.41) is 2.89. The SMILES string of the molecule is CCNS(=O)(=O)c1ccc(/C=C/C(=O)NCc2cccc(CN3CCOC(C)C3)c2)cc1. The highest BCUT2D eigenvalue weighted by Crippen LogP contribution is 2.13. The number of nitrogens with zero attached hydrogens (tertiary/aromatic N) is 1. The van der Waals surface area contributed by atoms with Crippen LogP contribution in [0.4, 0.5) is 0 Å². The van der Waals surface area contributed by atoms with E-state index in [4.69, 9.17) is 4.74 Å². The highest BCUT2D eigenvalue weighted by atomic mass is 32.2. The molecule has 0 aromatic heterocycles. The number of hydrogen-bond donors (Lipinski definition) is 2. The molecular formula is C24H31N3O4S. The maximum Gasteiger partial charge on any atom is 0.244 e. The van der Waals surface area contributed by atoms with Gasteiger partial charge in [0.1, 0.15) is 0 Å². The Morgan fingerprint density at radius 2 is 1.94 bits per heavy atom. The van der Waals surface area contributed by atoms with Crippen LogP contribution in [-0.4, -0.2) is 51.6 Å². The summed E-state index contributed by atoms with van der Waals surface area (Å²) in [6, 6.07) is 14.6. The maximum atomic E-state index is 12.2. The fourth-order valence-electron chi connectivity index (χ4n) is 3.58. The molecule has 0 radical (unpaired) electrons. The number of sulfonamides is 1. The third kappa shape index (κ3) is 7.27. The number of carbonyl (C=O) groups excluding carboxylic acids is 1. The molecule has 3 rings (SSSR count). The molecule has 2 aromatic carbocycles. The van der Waals surface area contributed by atoms with Gasteiger partial charge in [-0.25, -0.2) is 13.1 Å². The van der Waals surface area contributed by atoms with Crippen LogP contribution in [0, 0.1) is 0 Å². The Morgan fingerprint density at radius 3 is 2.66 bits per heavy atom. The molecule has 0 aliphatic carbocycles. The molecule has 2 N–H and O–H groups in total. The third-order valence-electron chi connectivity index (χ3n) is 5.14. The summed E-state index contributed by atoms with van der Waals surface area (Å²) in [4.78, 5) is 14.8. The third-order valence-corrected chi connectivity index (χ3v) is 6.70. The van der Waals surface area contributed by atoms with E-state index in [1.807, 2.05) is 12.1 Å². The van der Waals surface area contributed by atoms with Crippen LogP contribution < -0.4 is 10.0 Å². The first-order chi connectivity index (χ1) is 15.4. The molecule has 0 saturated carbocycles. The van der Waals surface area contributed by atoms with Gasteiger partial charge in [-0.2, -0.15) is 0 Å². The molecule has 1 unspecified atom stereocenters. The van der Waals surface area contributed by atoms with Gasteiger partial charge in [0.15, 0.2) is 0 Å². The zero-order chi connectivity index (χ0) is 23.0. The molecule has 2 aromatic rings. The van der Waals surface area contributed by atoms with E-state index in [1.165, 1.54) is 23.8 Å². The van der Waals surface area contributed by atoms with Crippen molar-refractivity contribution in [1.82, 2.24) is 14.9 Å². The molecule has 0 bridgehead atoms. The number of benzene rings is 2. The van der Waals surface area contributed by atoms with Crippen molar-refractivity contribution in [1.29, 1.82) is 0 Å². The van der Waals surface area contributed by atoms with Gasteiger partial charge in [-0.3, -0.25) is 9.69 Å². The van der Waals surface area contributed by atoms with Crippen LogP contribution in [-0.2, 0) is 32.6 Å². The Labute approximate surface area is 190 Å². The Balaban J connectivity index is 1.51. The van der Waals surface area contributed by atoms with Gasteiger partial charge in [0.05, 0.1) is 17.6 Å². The highest BCUT2D eigenvalue weighted by molar-refractivity contribution is 7.89. The van der Waals surface area contributed by atoms with Crippen LogP contribution in [0.1, 0.15) is 30.5 Å². The molecule has 0 spiro atoms. The molecule has 1 fully saturated rings. The minimum Gasteiger partial charge on any atom is -0.376 e. The van der Waals surface area contributed by atoms with Crippen LogP contribution in [0.3, 0.4) is 0 Å². The standard InChI is InChI=1S/C24H31N3O4S/c1-3-26-32(29,30)23-10-7-20(8-11-23)9-12-24(28)25-16-21-5-4-6-22(15-21)18-27-13-14-31-19(2)17-27/h4-12,15,19,26H,3,13-14,16-18H2,1-2H3,(H,25,28)/b12-9+. The topological polar surface area (TPSA) is 87.7 Å². The van der Waals surface area contributed by atoms with Crippen LogP contribution in [0.25, 0.3) is 6.08 Å². The lowest BCUT2D eigenvalue weighted by molar-refractivity contribution is -0.116. The molecule has 1 aliphatic rings. The molecule has 1 amide bonds. The first-order valence-corrected chi connectivity index (χ1v) is 12.3. The van der Waals surface area contributed by atoms with Gasteiger partial charge >= 0.3 is 0 Å². The Bertz CT molecular complexity index is 1040. The van der Waals surface area contributed by atoms with Crippen molar-refractivity contribution in [2.75, 3.05) is 26.2 Å². The van der Waals surface area contributed by atoms with Gasteiger partial charge in [-0.1, -0.05) is 43.3 Å². The van der Waals surface area contributed by atoms with Crippen molar-refractivity contribution < 1.29 is 17.9 Å². The second-order valence-electron chi connectivity index (χ2n) is 7.86. The zero-order valence-electron chi connectivity index (χ0n) is 18.6. The lowest BCUT2D eigenvalue weighted by atomic mass is 10.1. The van der Waals surface area contributed by atoms with E-state index in [9.17, 15) is 13.2 Å². The van der Waals surface area contributed by atoms with E-state index in [-0.39, 0.29) is 16.9 Å². The molecule has 8 heteroatoms. The summed E-state index contributed by atoms with van der Waals surface area (Å²) in [5.74, 6) is -0.207. The summed E-state index contributed by atoms with van der Waals surface area (Å²) in [6.45, 7) is 8.08. The van der Waals surface area contributed by atoms with Crippen LogP contribution in [0.2, 0.25) is 0 Å². The Morgan fingerprint density at radius 1 is 1.19 bits per heavy atom. The van der Waals surface area contributed by atoms with Gasteiger partial charge in [-0.05, 0) is 41.8 Å². The fourth-order valence-corrected chi connectivity index (χ4v) is 4.62. The van der Waals surface area contributed by atoms with E-state index in [0.29, 0.717) is 13.1 Å². The number of amides is 1. The van der Waals surface area contributed by atoms with Crippen LogP contribution in [0.5, 0.6) is 0 Å². The monoisotopic (exact) mass is 457 g/mol. The number of morpholine rings is 1. The molecule has 32 heavy (non-hydrogen) atoms. The molecular weight excluding hydrogens is 426 g/mol. The predicted molar refractivity (Wildman–Crippen MR) is 125 cm³/mol. The van der Waals surface area contributed by atoms with Crippen molar-refractivity contribution in [2.24, 2.45) is 0 Å². The summed E-state index contributed by atoms with van der Waals surface area (Å²) < 4.78 is 32.0. The highest BCUT2D eigenvalue weighted by Gasteiger charge is 2.16. The number of hydrogen-bond acceptors (Lipinski definition) is 5. The Hall–Kier alpha value is -2.52. The summed E-state index contributed by atoms with van der Waals surface area (Å²) >= 11 is 0. The van der Waals surface area contributed by atoms with Crippen molar-refractivity contribution >= 4 is 22.0 Å². The maximum absolute atomic E-state index is 12.2. The largest absolute Gasteiger partial charge is 0.376 e. The zero-order valence-corrected chi connectivity index (χ0v) is 19.4. The summed E-state index contributed by atoms with van der Waals surface area (Å²) in [6.07, 6.45) is 3.37. The van der Waals surface area contributed by atoms with Crippen molar-refractivity contribution in [3.8, 4) is 0 Å². The summed E-state index contributed by atoms with van der Waals surface area (Å²) in [7, 11) is -3.48. The number of nitrogens with one attached hydrogen (secondary N) is 2. The summed E-state index contributed by atoms with van der Waals surface area (Å²) in [5.41, 5.74) is 3.01. The smallest absolute Gasteiger partial charge is 0.244 e. The van der Waals surface area contributed by atoms with Gasteiger partial charge in [0.2, 0.25) is 15.9 Å². The second-order valence-corrected chi connectivity index (χ2v) is 9.62. The first-order valence-electron chi connectivity index (χ1n) is 10.8. The van der Waals surface area contributed by atoms with Crippen LogP contribution in [0.15, 0.2) is 59.5 Å². The normalized spacial score (nSPS) is 17.5. The molecule has 7 nitrogen and oxygen atoms in total. The molecule has 1 aliphatic heterocycles. The quantitative estimate of drug-likeness (QED) is 0.565. The lowest BCUT2D eigenvalue weighted by Gasteiger charge is -2.31. The molecule has 1 heterocycles. The van der Waals surface area contributed by atoms with Gasteiger partial charge in [0, 0.05) is 38.8 Å². The van der Waals surface area contributed by atoms with E-state index in [2.05, 4.69) is 34.0 Å². The van der Waals surface area contributed by atoms with Crippen LogP contribution >= 0.6 is 0 Å². The minimum absolute atomic E-state index is 0.201. The molecule has 172 valence electrons. The van der Waals surface area contributed by atoms with E-state index in [1.54, 1.807) is 25.1 Å². The lowest BCUT2D eigenvalue weighted by Crippen LogP contribution is -2.40. The molecule has 1 atom stereocenters. The van der Waals surface area contributed by atoms with Gasteiger partial charge in [-0.15, -0.1) is 0 Å².